The third-order valence-corrected chi connectivity index (χ3v) is 5.32. The van der Waals surface area contributed by atoms with Gasteiger partial charge in [0.1, 0.15) is 37.1 Å². The predicted molar refractivity (Wildman–Crippen MR) is 110 cm³/mol. The molecule has 0 amide bonds. The summed E-state index contributed by atoms with van der Waals surface area (Å²) in [6.45, 7) is 3.12. The maximum Gasteiger partial charge on any atom is 0.252 e. The van der Waals surface area contributed by atoms with E-state index in [0.717, 1.165) is 25.1 Å². The first kappa shape index (κ1) is 18.7. The second-order valence-electron chi connectivity index (χ2n) is 7.84. The van der Waals surface area contributed by atoms with Crippen LogP contribution in [0.25, 0.3) is 5.57 Å². The molecular formula is C14H27B4N3OS. The van der Waals surface area contributed by atoms with Crippen molar-refractivity contribution in [2.75, 3.05) is 13.6 Å². The van der Waals surface area contributed by atoms with E-state index >= 15 is 0 Å². The van der Waals surface area contributed by atoms with Crippen molar-refractivity contribution in [2.45, 2.75) is 49.8 Å². The summed E-state index contributed by atoms with van der Waals surface area (Å²) in [5.41, 5.74) is 2.17. The maximum atomic E-state index is 6.24. The average molecular weight is 329 g/mol. The van der Waals surface area contributed by atoms with Crippen LogP contribution in [0.15, 0.2) is 6.08 Å². The van der Waals surface area contributed by atoms with Gasteiger partial charge in [-0.2, -0.15) is 4.37 Å². The minimum Gasteiger partial charge on any atom is -0.488 e. The van der Waals surface area contributed by atoms with Crippen molar-refractivity contribution in [2.24, 2.45) is 0 Å². The van der Waals surface area contributed by atoms with E-state index in [2.05, 4.69) is 65.1 Å². The van der Waals surface area contributed by atoms with Gasteiger partial charge in [-0.15, -0.1) is 4.37 Å². The van der Waals surface area contributed by atoms with E-state index < -0.39 is 0 Å². The van der Waals surface area contributed by atoms with Crippen LogP contribution in [0.5, 0.6) is 5.88 Å². The summed E-state index contributed by atoms with van der Waals surface area (Å²) < 4.78 is 15.2. The highest BCUT2D eigenvalue weighted by molar-refractivity contribution is 6.99. The second-order valence-corrected chi connectivity index (χ2v) is 8.37. The van der Waals surface area contributed by atoms with Crippen LogP contribution >= 0.6 is 11.7 Å². The van der Waals surface area contributed by atoms with Crippen molar-refractivity contribution >= 4 is 48.7 Å². The van der Waals surface area contributed by atoms with E-state index in [9.17, 15) is 0 Å². The lowest BCUT2D eigenvalue weighted by molar-refractivity contribution is 0.216. The van der Waals surface area contributed by atoms with Crippen molar-refractivity contribution in [3.8, 4) is 5.88 Å². The maximum absolute atomic E-state index is 6.24. The van der Waals surface area contributed by atoms with Gasteiger partial charge < -0.3 is 9.64 Å². The monoisotopic (exact) mass is 329 g/mol. The van der Waals surface area contributed by atoms with Gasteiger partial charge in [-0.1, -0.05) is 32.3 Å². The fourth-order valence-electron chi connectivity index (χ4n) is 2.79. The zero-order valence-electron chi connectivity index (χ0n) is 15.5. The second kappa shape index (κ2) is 7.47. The number of nitrogens with zero attached hydrogens (tertiary/aromatic N) is 3. The van der Waals surface area contributed by atoms with Crippen LogP contribution in [0, 0.1) is 0 Å². The Balaban J connectivity index is 2.10. The van der Waals surface area contributed by atoms with E-state index in [-0.39, 0.29) is 10.7 Å². The van der Waals surface area contributed by atoms with Crippen LogP contribution in [-0.2, 0) is 0 Å². The van der Waals surface area contributed by atoms with Crippen molar-refractivity contribution in [3.05, 3.63) is 11.8 Å². The van der Waals surface area contributed by atoms with Crippen LogP contribution in [0.4, 0.5) is 0 Å². The average Bonchev–Trinajstić information content (AvgIpc) is 2.89. The summed E-state index contributed by atoms with van der Waals surface area (Å²) >= 11 is 1.25. The predicted octanol–water partition coefficient (Wildman–Crippen LogP) is -0.944. The van der Waals surface area contributed by atoms with Gasteiger partial charge in [0.05, 0.1) is 11.7 Å². The Morgan fingerprint density at radius 2 is 2.09 bits per heavy atom. The minimum absolute atomic E-state index is 0.194. The number of aromatic nitrogens is 2. The Hall–Kier alpha value is -0.680. The summed E-state index contributed by atoms with van der Waals surface area (Å²) in [6.07, 6.45) is 8.04. The van der Waals surface area contributed by atoms with Gasteiger partial charge in [0.15, 0.2) is 0 Å². The van der Waals surface area contributed by atoms with Gasteiger partial charge in [0.2, 0.25) is 0 Å². The zero-order chi connectivity index (χ0) is 17.1. The number of unbranched alkanes of at least 4 members (excludes halogenated alkanes) is 2. The Labute approximate surface area is 148 Å². The summed E-state index contributed by atoms with van der Waals surface area (Å²) in [7, 11) is 11.0. The van der Waals surface area contributed by atoms with E-state index in [1.807, 2.05) is 0 Å². The SMILES string of the molecule is BC(B)(CCCCC)Oc1nsnc1C1=CCC(B)(B)N(C)C1. The van der Waals surface area contributed by atoms with Crippen LogP contribution in [0.3, 0.4) is 0 Å². The number of rotatable bonds is 7. The number of likely N-dealkylation sites (N-methyl/N-ethyl adjacent to an activating group) is 1. The molecule has 2 rings (SSSR count). The van der Waals surface area contributed by atoms with Crippen molar-refractivity contribution < 1.29 is 4.74 Å². The highest BCUT2D eigenvalue weighted by Gasteiger charge is 2.30. The van der Waals surface area contributed by atoms with Crippen LogP contribution in [-0.4, -0.2) is 69.4 Å². The quantitative estimate of drug-likeness (QED) is 0.478. The highest BCUT2D eigenvalue weighted by atomic mass is 32.1. The molecule has 2 heterocycles. The molecule has 0 unspecified atom stereocenters. The van der Waals surface area contributed by atoms with Crippen LogP contribution in [0.2, 0.25) is 0 Å². The first-order valence-electron chi connectivity index (χ1n) is 8.67. The molecule has 0 aliphatic carbocycles. The molecule has 0 fully saturated rings. The fourth-order valence-corrected chi connectivity index (χ4v) is 3.31. The summed E-state index contributed by atoms with van der Waals surface area (Å²) in [6, 6.07) is 0. The number of hydrogen-bond donors (Lipinski definition) is 0. The standard InChI is InChI=1S/C14H27B4N3OS/c1-3-4-5-7-14(17,18)22-12-11(19-23-20-12)10-6-8-13(15,16)21(2)9-10/h6H,3-5,7-9,15-18H2,1-2H3. The molecule has 0 aromatic carbocycles. The molecule has 23 heavy (non-hydrogen) atoms. The molecule has 122 valence electrons. The molecule has 0 spiro atoms. The Morgan fingerprint density at radius 3 is 2.74 bits per heavy atom. The minimum atomic E-state index is -0.194. The van der Waals surface area contributed by atoms with E-state index in [1.54, 1.807) is 0 Å². The first-order chi connectivity index (χ1) is 10.7. The Kier molecular flexibility index (Phi) is 6.06. The van der Waals surface area contributed by atoms with Gasteiger partial charge in [-0.25, -0.2) is 0 Å². The summed E-state index contributed by atoms with van der Waals surface area (Å²) in [4.78, 5) is 2.37. The fraction of sp³-hybridized carbons (Fsp3) is 0.714. The lowest BCUT2D eigenvalue weighted by atomic mass is 9.57. The largest absolute Gasteiger partial charge is 0.488 e. The topological polar surface area (TPSA) is 38.3 Å². The van der Waals surface area contributed by atoms with Gasteiger partial charge in [0, 0.05) is 11.9 Å². The van der Waals surface area contributed by atoms with Gasteiger partial charge in [-0.05, 0) is 30.8 Å². The summed E-state index contributed by atoms with van der Waals surface area (Å²) in [5.74, 6) is 0.704. The molecule has 0 bridgehead atoms. The molecule has 9 heteroatoms. The molecule has 0 saturated carbocycles. The molecule has 0 radical (unpaired) electrons. The lowest BCUT2D eigenvalue weighted by Gasteiger charge is -2.39. The van der Waals surface area contributed by atoms with Crippen molar-refractivity contribution in [1.29, 1.82) is 0 Å². The molecule has 0 N–H and O–H groups in total. The third-order valence-electron chi connectivity index (χ3n) is 4.81. The Morgan fingerprint density at radius 1 is 1.35 bits per heavy atom. The van der Waals surface area contributed by atoms with Crippen molar-refractivity contribution in [3.63, 3.8) is 0 Å². The van der Waals surface area contributed by atoms with E-state index in [1.165, 1.54) is 36.6 Å². The van der Waals surface area contributed by atoms with Crippen LogP contribution in [0.1, 0.15) is 44.7 Å². The lowest BCUT2D eigenvalue weighted by Crippen LogP contribution is -2.50. The Bertz CT molecular complexity index is 562. The molecular weight excluding hydrogens is 301 g/mol. The van der Waals surface area contributed by atoms with E-state index in [0.29, 0.717) is 5.88 Å². The van der Waals surface area contributed by atoms with Gasteiger partial charge in [-0.3, -0.25) is 0 Å². The van der Waals surface area contributed by atoms with E-state index in [4.69, 9.17) is 4.74 Å². The number of hydrogen-bond acceptors (Lipinski definition) is 5. The van der Waals surface area contributed by atoms with Crippen LogP contribution < -0.4 is 4.74 Å². The smallest absolute Gasteiger partial charge is 0.252 e. The molecule has 1 aliphatic rings. The highest BCUT2D eigenvalue weighted by Crippen LogP contribution is 2.32. The normalized spacial score (nSPS) is 18.6. The van der Waals surface area contributed by atoms with Gasteiger partial charge in [0.25, 0.3) is 5.88 Å². The van der Waals surface area contributed by atoms with Crippen molar-refractivity contribution in [1.82, 2.24) is 13.6 Å². The molecule has 4 nitrogen and oxygen atoms in total. The van der Waals surface area contributed by atoms with Gasteiger partial charge >= 0.3 is 0 Å². The molecule has 0 atom stereocenters. The zero-order valence-corrected chi connectivity index (χ0v) is 16.3. The number of ether oxygens (including phenoxy) is 1. The third kappa shape index (κ3) is 4.89. The summed E-state index contributed by atoms with van der Waals surface area (Å²) in [5, 5.41) is 0.00741. The first-order valence-corrected chi connectivity index (χ1v) is 9.40. The molecule has 1 aliphatic heterocycles. The molecule has 0 saturated heterocycles. The molecule has 1 aromatic heterocycles. The molecule has 1 aromatic rings.